The van der Waals surface area contributed by atoms with Crippen molar-refractivity contribution in [2.75, 3.05) is 0 Å². The van der Waals surface area contributed by atoms with E-state index in [-0.39, 0.29) is 11.0 Å². The van der Waals surface area contributed by atoms with Crippen molar-refractivity contribution in [2.24, 2.45) is 11.8 Å². The molecule has 3 heteroatoms. The fourth-order valence-corrected chi connectivity index (χ4v) is 2.64. The Kier molecular flexibility index (Phi) is 5.45. The van der Waals surface area contributed by atoms with Crippen LogP contribution in [0, 0.1) is 11.8 Å². The molecule has 2 nitrogen and oxygen atoms in total. The molecule has 0 heterocycles. The van der Waals surface area contributed by atoms with Crippen LogP contribution in [0.1, 0.15) is 20.8 Å². The Morgan fingerprint density at radius 2 is 1.48 bits per heavy atom. The third kappa shape index (κ3) is 4.64. The number of hydrogen-bond donors (Lipinski definition) is 0. The first-order valence-corrected chi connectivity index (χ1v) is 7.92. The fraction of sp³-hybridized carbons (Fsp3) is 0.278. The van der Waals surface area contributed by atoms with Crippen molar-refractivity contribution >= 4 is 16.9 Å². The number of ether oxygens (including phenoxy) is 1. The second-order valence-electron chi connectivity index (χ2n) is 5.34. The summed E-state index contributed by atoms with van der Waals surface area (Å²) in [5.41, 5.74) is 0. The Labute approximate surface area is 130 Å². The van der Waals surface area contributed by atoms with Crippen LogP contribution in [0.5, 0.6) is 11.5 Å². The lowest BCUT2D eigenvalue weighted by atomic mass is 10.0. The van der Waals surface area contributed by atoms with Crippen molar-refractivity contribution in [1.29, 1.82) is 0 Å². The van der Waals surface area contributed by atoms with E-state index in [2.05, 4.69) is 13.8 Å². The second kappa shape index (κ2) is 7.32. The molecule has 110 valence electrons. The summed E-state index contributed by atoms with van der Waals surface area (Å²) in [6.45, 7) is 6.12. The van der Waals surface area contributed by atoms with Crippen molar-refractivity contribution < 1.29 is 9.53 Å². The first-order chi connectivity index (χ1) is 10.1. The van der Waals surface area contributed by atoms with Gasteiger partial charge in [0.2, 0.25) is 0 Å². The first kappa shape index (κ1) is 15.6. The van der Waals surface area contributed by atoms with E-state index in [4.69, 9.17) is 4.74 Å². The molecule has 1 atom stereocenters. The van der Waals surface area contributed by atoms with Gasteiger partial charge in [-0.25, -0.2) is 0 Å². The summed E-state index contributed by atoms with van der Waals surface area (Å²) in [6, 6.07) is 17.3. The van der Waals surface area contributed by atoms with E-state index in [0.29, 0.717) is 5.92 Å². The van der Waals surface area contributed by atoms with Crippen LogP contribution < -0.4 is 4.74 Å². The SMILES string of the molecule is CC(C)C(C)C(=O)Sc1ccc(Oc2ccccc2)cc1. The van der Waals surface area contributed by atoms with Gasteiger partial charge in [0.25, 0.3) is 0 Å². The van der Waals surface area contributed by atoms with Gasteiger partial charge in [0.15, 0.2) is 5.12 Å². The van der Waals surface area contributed by atoms with Gasteiger partial charge in [0.05, 0.1) is 0 Å². The molecule has 0 saturated carbocycles. The Morgan fingerprint density at radius 3 is 2.05 bits per heavy atom. The Balaban J connectivity index is 1.98. The van der Waals surface area contributed by atoms with Gasteiger partial charge in [-0.05, 0) is 42.3 Å². The lowest BCUT2D eigenvalue weighted by molar-refractivity contribution is -0.114. The molecule has 0 spiro atoms. The van der Waals surface area contributed by atoms with Crippen molar-refractivity contribution in [2.45, 2.75) is 25.7 Å². The topological polar surface area (TPSA) is 26.3 Å². The van der Waals surface area contributed by atoms with E-state index in [9.17, 15) is 4.79 Å². The maximum absolute atomic E-state index is 12.1. The smallest absolute Gasteiger partial charge is 0.196 e. The van der Waals surface area contributed by atoms with Gasteiger partial charge in [-0.2, -0.15) is 0 Å². The summed E-state index contributed by atoms with van der Waals surface area (Å²) in [7, 11) is 0. The highest BCUT2D eigenvalue weighted by Crippen LogP contribution is 2.28. The number of carbonyl (C=O) groups excluding carboxylic acids is 1. The zero-order valence-electron chi connectivity index (χ0n) is 12.6. The summed E-state index contributed by atoms with van der Waals surface area (Å²) < 4.78 is 5.73. The van der Waals surface area contributed by atoms with Crippen LogP contribution in [0.4, 0.5) is 0 Å². The quantitative estimate of drug-likeness (QED) is 0.692. The van der Waals surface area contributed by atoms with Gasteiger partial charge in [-0.3, -0.25) is 4.79 Å². The van der Waals surface area contributed by atoms with Crippen molar-refractivity contribution in [1.82, 2.24) is 0 Å². The number of benzene rings is 2. The molecule has 0 aliphatic carbocycles. The zero-order valence-corrected chi connectivity index (χ0v) is 13.4. The maximum atomic E-state index is 12.1. The molecular formula is C18H20O2S. The number of rotatable bonds is 5. The number of para-hydroxylation sites is 1. The fourth-order valence-electron chi connectivity index (χ4n) is 1.68. The van der Waals surface area contributed by atoms with Crippen molar-refractivity contribution in [3.8, 4) is 11.5 Å². The second-order valence-corrected chi connectivity index (χ2v) is 6.42. The predicted molar refractivity (Wildman–Crippen MR) is 87.8 cm³/mol. The molecule has 2 aromatic carbocycles. The van der Waals surface area contributed by atoms with Crippen LogP contribution in [0.25, 0.3) is 0 Å². The minimum absolute atomic E-state index is 0.0650. The summed E-state index contributed by atoms with van der Waals surface area (Å²) >= 11 is 1.30. The molecule has 0 radical (unpaired) electrons. The molecular weight excluding hydrogens is 280 g/mol. The van der Waals surface area contributed by atoms with Crippen LogP contribution in [-0.2, 0) is 4.79 Å². The van der Waals surface area contributed by atoms with Crippen molar-refractivity contribution in [3.63, 3.8) is 0 Å². The average molecular weight is 300 g/mol. The zero-order chi connectivity index (χ0) is 15.2. The van der Waals surface area contributed by atoms with Gasteiger partial charge in [-0.15, -0.1) is 0 Å². The highest BCUT2D eigenvalue weighted by atomic mass is 32.2. The van der Waals surface area contributed by atoms with Gasteiger partial charge in [-0.1, -0.05) is 50.7 Å². The highest BCUT2D eigenvalue weighted by Gasteiger charge is 2.17. The average Bonchev–Trinajstić information content (AvgIpc) is 2.49. The van der Waals surface area contributed by atoms with Crippen LogP contribution >= 0.6 is 11.8 Å². The van der Waals surface area contributed by atoms with Crippen LogP contribution in [0.15, 0.2) is 59.5 Å². The number of thioether (sulfide) groups is 1. The lowest BCUT2D eigenvalue weighted by Crippen LogP contribution is -2.13. The summed E-state index contributed by atoms with van der Waals surface area (Å²) in [4.78, 5) is 13.0. The van der Waals surface area contributed by atoms with Crippen LogP contribution in [0.2, 0.25) is 0 Å². The summed E-state index contributed by atoms with van der Waals surface area (Å²) in [5, 5.41) is 0.210. The Morgan fingerprint density at radius 1 is 0.905 bits per heavy atom. The van der Waals surface area contributed by atoms with E-state index < -0.39 is 0 Å². The van der Waals surface area contributed by atoms with E-state index in [1.54, 1.807) is 0 Å². The largest absolute Gasteiger partial charge is 0.457 e. The maximum Gasteiger partial charge on any atom is 0.196 e. The van der Waals surface area contributed by atoms with E-state index in [1.807, 2.05) is 61.5 Å². The summed E-state index contributed by atoms with van der Waals surface area (Å²) in [5.74, 6) is 2.01. The Bertz CT molecular complexity index is 576. The highest BCUT2D eigenvalue weighted by molar-refractivity contribution is 8.13. The molecule has 0 aliphatic heterocycles. The standard InChI is InChI=1S/C18H20O2S/c1-13(2)14(3)18(19)21-17-11-9-16(10-12-17)20-15-7-5-4-6-8-15/h4-14H,1-3H3. The lowest BCUT2D eigenvalue weighted by Gasteiger charge is -2.13. The van der Waals surface area contributed by atoms with Gasteiger partial charge < -0.3 is 4.74 Å². The summed E-state index contributed by atoms with van der Waals surface area (Å²) in [6.07, 6.45) is 0. The molecule has 0 aromatic heterocycles. The third-order valence-electron chi connectivity index (χ3n) is 3.39. The number of carbonyl (C=O) groups is 1. The van der Waals surface area contributed by atoms with E-state index in [0.717, 1.165) is 16.4 Å². The first-order valence-electron chi connectivity index (χ1n) is 7.11. The van der Waals surface area contributed by atoms with Crippen LogP contribution in [-0.4, -0.2) is 5.12 Å². The van der Waals surface area contributed by atoms with E-state index >= 15 is 0 Å². The minimum Gasteiger partial charge on any atom is -0.457 e. The molecule has 2 aromatic rings. The van der Waals surface area contributed by atoms with E-state index in [1.165, 1.54) is 11.8 Å². The molecule has 0 aliphatic rings. The molecule has 21 heavy (non-hydrogen) atoms. The van der Waals surface area contributed by atoms with Crippen molar-refractivity contribution in [3.05, 3.63) is 54.6 Å². The molecule has 0 bridgehead atoms. The predicted octanol–water partition coefficient (Wildman–Crippen LogP) is 5.39. The molecule has 1 unspecified atom stereocenters. The molecule has 0 saturated heterocycles. The molecule has 0 N–H and O–H groups in total. The van der Waals surface area contributed by atoms with Gasteiger partial charge in [0.1, 0.15) is 11.5 Å². The normalized spacial score (nSPS) is 12.2. The molecule has 0 amide bonds. The van der Waals surface area contributed by atoms with Gasteiger partial charge in [0, 0.05) is 10.8 Å². The molecule has 2 rings (SSSR count). The minimum atomic E-state index is 0.0650. The monoisotopic (exact) mass is 300 g/mol. The van der Waals surface area contributed by atoms with Gasteiger partial charge >= 0.3 is 0 Å². The third-order valence-corrected chi connectivity index (χ3v) is 4.47. The number of hydrogen-bond acceptors (Lipinski definition) is 3. The van der Waals surface area contributed by atoms with Crippen LogP contribution in [0.3, 0.4) is 0 Å². The Hall–Kier alpha value is -1.74. The molecule has 0 fully saturated rings.